The van der Waals surface area contributed by atoms with Crippen molar-refractivity contribution >= 4 is 36.0 Å². The summed E-state index contributed by atoms with van der Waals surface area (Å²) in [7, 11) is 0. The van der Waals surface area contributed by atoms with E-state index in [0.717, 1.165) is 8.96 Å². The molecule has 0 atom stereocenters. The van der Waals surface area contributed by atoms with E-state index < -0.39 is 21.0 Å². The number of benzene rings is 1. The topological polar surface area (TPSA) is 74.2 Å². The van der Waals surface area contributed by atoms with Crippen molar-refractivity contribution in [1.29, 1.82) is 0 Å². The van der Waals surface area contributed by atoms with Crippen molar-refractivity contribution in [3.05, 3.63) is 54.4 Å². The van der Waals surface area contributed by atoms with Gasteiger partial charge in [0.15, 0.2) is 0 Å². The zero-order valence-corrected chi connectivity index (χ0v) is 11.5. The van der Waals surface area contributed by atoms with Gasteiger partial charge in [0.2, 0.25) is 0 Å². The lowest BCUT2D eigenvalue weighted by molar-refractivity contribution is 0.0928. The number of azo groups is 1. The number of nitrogens with two attached hydrogens (primary N) is 1. The van der Waals surface area contributed by atoms with Gasteiger partial charge >= 0.3 is 0 Å². The summed E-state index contributed by atoms with van der Waals surface area (Å²) in [5.74, 6) is 0. The van der Waals surface area contributed by atoms with Gasteiger partial charge < -0.3 is 5.73 Å². The molecule has 0 radical (unpaired) electrons. The predicted octanol–water partition coefficient (Wildman–Crippen LogP) is 3.30. The van der Waals surface area contributed by atoms with E-state index in [2.05, 4.69) is 16.0 Å². The first-order valence-corrected chi connectivity index (χ1v) is 7.15. The van der Waals surface area contributed by atoms with Crippen LogP contribution in [-0.2, 0) is 0 Å². The number of anilines is 1. The summed E-state index contributed by atoms with van der Waals surface area (Å²) in [6.45, 7) is 0. The summed E-state index contributed by atoms with van der Waals surface area (Å²) in [5, 5.41) is 17.7. The molecule has 6 heteroatoms. The van der Waals surface area contributed by atoms with Crippen LogP contribution in [0.1, 0.15) is 0 Å². The normalized spacial score (nSPS) is 15.2. The van der Waals surface area contributed by atoms with Gasteiger partial charge in [0.25, 0.3) is 0 Å². The molecule has 92 valence electrons. The van der Waals surface area contributed by atoms with E-state index in [-0.39, 0.29) is 0 Å². The molecule has 1 aromatic carbocycles. The molecular weight excluding hydrogens is 343 g/mol. The van der Waals surface area contributed by atoms with Gasteiger partial charge in [-0.15, -0.1) is 10.8 Å². The van der Waals surface area contributed by atoms with Crippen molar-refractivity contribution in [2.45, 2.75) is 0 Å². The second kappa shape index (κ2) is 6.25. The van der Waals surface area contributed by atoms with Crippen LogP contribution in [0.25, 0.3) is 0 Å². The fraction of sp³-hybridized carbons (Fsp3) is 0. The number of nitrogen functional groups attached to an aromatic ring is 1. The molecule has 0 amide bonds. The molecule has 0 spiro atoms. The monoisotopic (exact) mass is 354 g/mol. The number of hydrogen-bond acceptors (Lipinski definition) is 5. The van der Waals surface area contributed by atoms with Crippen LogP contribution < -0.4 is 5.73 Å². The molecular formula is C12H11IN4O. The molecule has 0 aliphatic carbocycles. The molecule has 1 aliphatic rings. The zero-order valence-electron chi connectivity index (χ0n) is 9.36. The van der Waals surface area contributed by atoms with Crippen LogP contribution in [0, 0.1) is 0 Å². The summed E-state index contributed by atoms with van der Waals surface area (Å²) in [6, 6.07) is 7.11. The highest BCUT2D eigenvalue weighted by Crippen LogP contribution is 2.17. The van der Waals surface area contributed by atoms with E-state index in [0.29, 0.717) is 9.32 Å². The Kier molecular flexibility index (Phi) is 4.40. The van der Waals surface area contributed by atoms with E-state index in [9.17, 15) is 5.21 Å². The van der Waals surface area contributed by atoms with Crippen LogP contribution in [0.3, 0.4) is 0 Å². The number of rotatable bonds is 2. The molecule has 0 saturated carbocycles. The molecule has 1 aliphatic heterocycles. The third-order valence-corrected chi connectivity index (χ3v) is 3.77. The summed E-state index contributed by atoms with van der Waals surface area (Å²) >= 11 is -0.768. The van der Waals surface area contributed by atoms with E-state index >= 15 is 0 Å². The van der Waals surface area contributed by atoms with E-state index in [1.165, 1.54) is 0 Å². The molecule has 0 saturated heterocycles. The van der Waals surface area contributed by atoms with Gasteiger partial charge in [-0.25, -0.2) is 3.28 Å². The number of hydrogen-bond donors (Lipinski definition) is 2. The highest BCUT2D eigenvalue weighted by Gasteiger charge is 1.96. The highest BCUT2D eigenvalue weighted by molar-refractivity contribution is 14.2. The Bertz CT molecular complexity index is 568. The number of halogens is 1. The number of hydroxylamine groups is 1. The van der Waals surface area contributed by atoms with Crippen LogP contribution in [0.2, 0.25) is 0 Å². The molecule has 18 heavy (non-hydrogen) atoms. The minimum Gasteiger partial charge on any atom is -0.399 e. The minimum absolute atomic E-state index is 0.689. The van der Waals surface area contributed by atoms with E-state index in [1.54, 1.807) is 48.7 Å². The number of allylic oxidation sites excluding steroid dienone is 1. The Morgan fingerprint density at radius 3 is 2.78 bits per heavy atom. The largest absolute Gasteiger partial charge is 0.399 e. The predicted molar refractivity (Wildman–Crippen MR) is 79.8 cm³/mol. The van der Waals surface area contributed by atoms with Crippen molar-refractivity contribution < 1.29 is 5.21 Å². The SMILES string of the molecule is Nc1ccc(N=NC2=IN(O)C=CC=C=C2)cc1. The molecule has 0 bridgehead atoms. The van der Waals surface area contributed by atoms with Crippen LogP contribution in [0.4, 0.5) is 11.4 Å². The van der Waals surface area contributed by atoms with Crippen LogP contribution in [0.5, 0.6) is 0 Å². The molecule has 0 aromatic heterocycles. The van der Waals surface area contributed by atoms with Crippen molar-refractivity contribution in [1.82, 2.24) is 3.28 Å². The first-order chi connectivity index (χ1) is 8.74. The van der Waals surface area contributed by atoms with Gasteiger partial charge in [-0.2, -0.15) is 5.11 Å². The standard InChI is InChI=1S/C12H11IN4O/c14-10-5-7-11(8-6-10)15-16-12-4-2-1-3-9-17(18)13-12/h1,3-9,18H,14H2. The van der Waals surface area contributed by atoms with E-state index in [4.69, 9.17) is 5.73 Å². The molecule has 0 fully saturated rings. The van der Waals surface area contributed by atoms with E-state index in [1.807, 2.05) is 0 Å². The molecule has 3 N–H and O–H groups in total. The fourth-order valence-electron chi connectivity index (χ4n) is 1.12. The van der Waals surface area contributed by atoms with Gasteiger partial charge in [0, 0.05) is 18.0 Å². The van der Waals surface area contributed by atoms with Crippen molar-refractivity contribution in [2.24, 2.45) is 10.2 Å². The Morgan fingerprint density at radius 2 is 2.00 bits per heavy atom. The number of nitrogens with zero attached hydrogens (tertiary/aromatic N) is 3. The van der Waals surface area contributed by atoms with Gasteiger partial charge in [0.1, 0.15) is 3.63 Å². The lowest BCUT2D eigenvalue weighted by Crippen LogP contribution is -1.97. The Morgan fingerprint density at radius 1 is 1.22 bits per heavy atom. The average molecular weight is 354 g/mol. The lowest BCUT2D eigenvalue weighted by atomic mass is 10.3. The molecule has 1 aromatic rings. The summed E-state index contributed by atoms with van der Waals surface area (Å²) < 4.78 is 1.86. The zero-order chi connectivity index (χ0) is 12.8. The van der Waals surface area contributed by atoms with Crippen LogP contribution in [0.15, 0.2) is 64.7 Å². The van der Waals surface area contributed by atoms with Crippen LogP contribution >= 0.6 is 21.0 Å². The third-order valence-electron chi connectivity index (χ3n) is 1.93. The highest BCUT2D eigenvalue weighted by atomic mass is 127. The van der Waals surface area contributed by atoms with Crippen molar-refractivity contribution in [3.8, 4) is 0 Å². The maximum absolute atomic E-state index is 9.51. The lowest BCUT2D eigenvalue weighted by Gasteiger charge is -2.03. The molecule has 0 unspecified atom stereocenters. The summed E-state index contributed by atoms with van der Waals surface area (Å²) in [5.41, 5.74) is 9.94. The molecule has 1 heterocycles. The molecule has 5 nitrogen and oxygen atoms in total. The van der Waals surface area contributed by atoms with Crippen molar-refractivity contribution in [3.63, 3.8) is 0 Å². The quantitative estimate of drug-likeness (QED) is 0.281. The van der Waals surface area contributed by atoms with Crippen molar-refractivity contribution in [2.75, 3.05) is 5.73 Å². The third kappa shape index (κ3) is 3.92. The van der Waals surface area contributed by atoms with Crippen LogP contribution in [-0.4, -0.2) is 12.1 Å². The van der Waals surface area contributed by atoms with Gasteiger partial charge in [0.05, 0.1) is 26.7 Å². The average Bonchev–Trinajstić information content (AvgIpc) is 2.34. The minimum atomic E-state index is -0.768. The molecule has 2 rings (SSSR count). The second-order valence-electron chi connectivity index (χ2n) is 3.31. The summed E-state index contributed by atoms with van der Waals surface area (Å²) in [6.07, 6.45) is 6.71. The van der Waals surface area contributed by atoms with Gasteiger partial charge in [-0.3, -0.25) is 5.21 Å². The maximum atomic E-state index is 9.51. The Hall–Kier alpha value is -1.76. The Balaban J connectivity index is 2.17. The van der Waals surface area contributed by atoms with Gasteiger partial charge in [-0.1, -0.05) is 0 Å². The first-order valence-electron chi connectivity index (χ1n) is 5.11. The summed E-state index contributed by atoms with van der Waals surface area (Å²) in [4.78, 5) is 0. The van der Waals surface area contributed by atoms with Gasteiger partial charge in [-0.05, 0) is 36.4 Å². The first kappa shape index (κ1) is 12.7. The second-order valence-corrected chi connectivity index (χ2v) is 5.88. The maximum Gasteiger partial charge on any atom is 0.144 e. The fourth-order valence-corrected chi connectivity index (χ4v) is 2.50. The smallest absolute Gasteiger partial charge is 0.144 e. The Labute approximate surface area is 115 Å².